The Morgan fingerprint density at radius 1 is 1.21 bits per heavy atom. The number of amides is 1. The lowest BCUT2D eigenvalue weighted by Gasteiger charge is -2.08. The normalized spacial score (nSPS) is 12.6. The number of carbonyl (C=O) groups is 1. The van der Waals surface area contributed by atoms with Crippen LogP contribution >= 0.6 is 0 Å². The molecular weight excluding hydrogens is 302 g/mol. The van der Waals surface area contributed by atoms with Crippen LogP contribution < -0.4 is 5.43 Å². The molecule has 0 radical (unpaired) electrons. The van der Waals surface area contributed by atoms with E-state index >= 15 is 0 Å². The molecular formula is C19H19N3O2. The molecule has 0 bridgehead atoms. The molecule has 0 aliphatic heterocycles. The number of carbonyl (C=O) groups excluding carboxylic acids is 1. The molecule has 0 saturated heterocycles. The summed E-state index contributed by atoms with van der Waals surface area (Å²) in [4.78, 5) is 12.0. The molecule has 0 saturated carbocycles. The lowest BCUT2D eigenvalue weighted by Crippen LogP contribution is -2.25. The summed E-state index contributed by atoms with van der Waals surface area (Å²) in [7, 11) is 0. The second-order valence-electron chi connectivity index (χ2n) is 5.44. The fourth-order valence-electron chi connectivity index (χ4n) is 2.65. The summed E-state index contributed by atoms with van der Waals surface area (Å²) in [5.41, 5.74) is 4.97. The Bertz CT molecular complexity index is 869. The van der Waals surface area contributed by atoms with Crippen molar-refractivity contribution in [2.24, 2.45) is 5.10 Å². The Balaban J connectivity index is 1.74. The Hall–Kier alpha value is -2.92. The number of nitrogens with one attached hydrogen (secondary N) is 1. The van der Waals surface area contributed by atoms with Crippen molar-refractivity contribution < 1.29 is 9.90 Å². The van der Waals surface area contributed by atoms with Crippen LogP contribution in [-0.2, 0) is 11.3 Å². The molecule has 2 N–H and O–H groups in total. The Morgan fingerprint density at radius 2 is 1.92 bits per heavy atom. The third-order valence-corrected chi connectivity index (χ3v) is 3.90. The number of fused-ring (bicyclic) bond motifs is 1. The van der Waals surface area contributed by atoms with Gasteiger partial charge in [0.1, 0.15) is 0 Å². The van der Waals surface area contributed by atoms with E-state index in [1.807, 2.05) is 36.5 Å². The number of aliphatic hydroxyl groups excluding tert-OH is 1. The number of hydrogen-bond donors (Lipinski definition) is 2. The zero-order valence-corrected chi connectivity index (χ0v) is 13.4. The molecule has 0 spiro atoms. The molecule has 5 heteroatoms. The van der Waals surface area contributed by atoms with E-state index in [0.29, 0.717) is 5.56 Å². The van der Waals surface area contributed by atoms with Crippen molar-refractivity contribution in [2.45, 2.75) is 19.6 Å². The minimum atomic E-state index is -1.24. The zero-order chi connectivity index (χ0) is 16.9. The predicted molar refractivity (Wildman–Crippen MR) is 94.8 cm³/mol. The number of benzene rings is 2. The van der Waals surface area contributed by atoms with Crippen LogP contribution in [0.4, 0.5) is 0 Å². The standard InChI is InChI=1S/C19H19N3O2/c1-2-22-13-15(16-10-6-7-11-17(16)22)12-20-21-19(24)18(23)14-8-4-3-5-9-14/h3-13,18,23H,2H2,1H3,(H,21,24)/b20-12-/t18-/m0/s1. The van der Waals surface area contributed by atoms with Gasteiger partial charge >= 0.3 is 0 Å². The maximum atomic E-state index is 12.0. The lowest BCUT2D eigenvalue weighted by atomic mass is 10.1. The monoisotopic (exact) mass is 321 g/mol. The van der Waals surface area contributed by atoms with Crippen molar-refractivity contribution in [1.29, 1.82) is 0 Å². The number of hydrazone groups is 1. The van der Waals surface area contributed by atoms with E-state index in [4.69, 9.17) is 0 Å². The maximum Gasteiger partial charge on any atom is 0.273 e. The van der Waals surface area contributed by atoms with Gasteiger partial charge in [-0.1, -0.05) is 48.5 Å². The van der Waals surface area contributed by atoms with Crippen LogP contribution in [0.2, 0.25) is 0 Å². The third-order valence-electron chi connectivity index (χ3n) is 3.90. The highest BCUT2D eigenvalue weighted by atomic mass is 16.3. The number of nitrogens with zero attached hydrogens (tertiary/aromatic N) is 2. The van der Waals surface area contributed by atoms with Crippen molar-refractivity contribution >= 4 is 23.0 Å². The minimum absolute atomic E-state index is 0.535. The number of para-hydroxylation sites is 1. The van der Waals surface area contributed by atoms with Gasteiger partial charge in [0, 0.05) is 29.2 Å². The molecule has 1 amide bonds. The molecule has 122 valence electrons. The van der Waals surface area contributed by atoms with Crippen molar-refractivity contribution in [3.8, 4) is 0 Å². The van der Waals surface area contributed by atoms with Gasteiger partial charge in [-0.15, -0.1) is 0 Å². The molecule has 1 heterocycles. The molecule has 1 aromatic heterocycles. The lowest BCUT2D eigenvalue weighted by molar-refractivity contribution is -0.129. The van der Waals surface area contributed by atoms with Gasteiger partial charge in [-0.2, -0.15) is 5.10 Å². The number of aromatic nitrogens is 1. The largest absolute Gasteiger partial charge is 0.378 e. The van der Waals surface area contributed by atoms with E-state index in [1.165, 1.54) is 0 Å². The Morgan fingerprint density at radius 3 is 2.67 bits per heavy atom. The first-order valence-corrected chi connectivity index (χ1v) is 7.84. The highest BCUT2D eigenvalue weighted by Gasteiger charge is 2.16. The number of aryl methyl sites for hydroxylation is 1. The Kier molecular flexibility index (Phi) is 4.72. The van der Waals surface area contributed by atoms with Crippen LogP contribution in [0.25, 0.3) is 10.9 Å². The second-order valence-corrected chi connectivity index (χ2v) is 5.44. The van der Waals surface area contributed by atoms with E-state index in [-0.39, 0.29) is 0 Å². The molecule has 5 nitrogen and oxygen atoms in total. The average molecular weight is 321 g/mol. The van der Waals surface area contributed by atoms with Crippen LogP contribution in [0.5, 0.6) is 0 Å². The van der Waals surface area contributed by atoms with E-state index < -0.39 is 12.0 Å². The first kappa shape index (κ1) is 16.0. The van der Waals surface area contributed by atoms with Crippen LogP contribution in [-0.4, -0.2) is 21.8 Å². The fourth-order valence-corrected chi connectivity index (χ4v) is 2.65. The highest BCUT2D eigenvalue weighted by Crippen LogP contribution is 2.19. The number of aliphatic hydroxyl groups is 1. The van der Waals surface area contributed by atoms with Crippen molar-refractivity contribution in [3.63, 3.8) is 0 Å². The topological polar surface area (TPSA) is 66.6 Å². The summed E-state index contributed by atoms with van der Waals surface area (Å²) >= 11 is 0. The highest BCUT2D eigenvalue weighted by molar-refractivity contribution is 5.99. The van der Waals surface area contributed by atoms with Crippen LogP contribution in [0.1, 0.15) is 24.2 Å². The van der Waals surface area contributed by atoms with Crippen molar-refractivity contribution in [3.05, 3.63) is 71.9 Å². The summed E-state index contributed by atoms with van der Waals surface area (Å²) < 4.78 is 2.12. The van der Waals surface area contributed by atoms with Gasteiger partial charge in [0.25, 0.3) is 5.91 Å². The number of rotatable bonds is 5. The van der Waals surface area contributed by atoms with Gasteiger partial charge in [-0.25, -0.2) is 5.43 Å². The van der Waals surface area contributed by atoms with E-state index in [9.17, 15) is 9.90 Å². The summed E-state index contributed by atoms with van der Waals surface area (Å²) in [6, 6.07) is 16.8. The smallest absolute Gasteiger partial charge is 0.273 e. The van der Waals surface area contributed by atoms with Gasteiger partial charge in [0.15, 0.2) is 6.10 Å². The summed E-state index contributed by atoms with van der Waals surface area (Å²) in [5, 5.41) is 15.1. The molecule has 3 rings (SSSR count). The molecule has 24 heavy (non-hydrogen) atoms. The SMILES string of the molecule is CCn1cc(/C=N\NC(=O)[C@@H](O)c2ccccc2)c2ccccc21. The van der Waals surface area contributed by atoms with Crippen LogP contribution in [0, 0.1) is 0 Å². The van der Waals surface area contributed by atoms with E-state index in [1.54, 1.807) is 30.5 Å². The molecule has 0 aliphatic carbocycles. The molecule has 0 fully saturated rings. The van der Waals surface area contributed by atoms with Crippen molar-refractivity contribution in [1.82, 2.24) is 9.99 Å². The van der Waals surface area contributed by atoms with Gasteiger partial charge in [0.2, 0.25) is 0 Å². The molecule has 0 unspecified atom stereocenters. The first-order chi connectivity index (χ1) is 11.7. The molecule has 1 atom stereocenters. The van der Waals surface area contributed by atoms with Crippen molar-refractivity contribution in [2.75, 3.05) is 0 Å². The minimum Gasteiger partial charge on any atom is -0.378 e. The van der Waals surface area contributed by atoms with E-state index in [2.05, 4.69) is 22.0 Å². The number of hydrogen-bond acceptors (Lipinski definition) is 3. The van der Waals surface area contributed by atoms with Crippen LogP contribution in [0.3, 0.4) is 0 Å². The molecule has 2 aromatic carbocycles. The summed E-state index contributed by atoms with van der Waals surface area (Å²) in [6.07, 6.45) is 2.36. The predicted octanol–water partition coefficient (Wildman–Crippen LogP) is 2.84. The first-order valence-electron chi connectivity index (χ1n) is 7.84. The quantitative estimate of drug-likeness (QED) is 0.560. The second kappa shape index (κ2) is 7.10. The van der Waals surface area contributed by atoms with Crippen LogP contribution in [0.15, 0.2) is 65.9 Å². The Labute approximate surface area is 140 Å². The summed E-state index contributed by atoms with van der Waals surface area (Å²) in [6.45, 7) is 2.93. The van der Waals surface area contributed by atoms with E-state index in [0.717, 1.165) is 23.0 Å². The van der Waals surface area contributed by atoms with Gasteiger partial charge in [0.05, 0.1) is 6.21 Å². The average Bonchev–Trinajstić information content (AvgIpc) is 3.00. The van der Waals surface area contributed by atoms with Gasteiger partial charge in [-0.3, -0.25) is 4.79 Å². The van der Waals surface area contributed by atoms with Gasteiger partial charge in [-0.05, 0) is 18.6 Å². The fraction of sp³-hybridized carbons (Fsp3) is 0.158. The molecule has 0 aliphatic rings. The maximum absolute atomic E-state index is 12.0. The molecule has 3 aromatic rings. The van der Waals surface area contributed by atoms with Gasteiger partial charge < -0.3 is 9.67 Å². The zero-order valence-electron chi connectivity index (χ0n) is 13.4. The summed E-state index contributed by atoms with van der Waals surface area (Å²) in [5.74, 6) is -0.559. The third kappa shape index (κ3) is 3.21.